The lowest BCUT2D eigenvalue weighted by Gasteiger charge is -2.33. The fraction of sp³-hybridized carbons (Fsp3) is 0.636. The molecule has 1 aliphatic rings. The Labute approximate surface area is 142 Å². The average Bonchev–Trinajstić information content (AvgIpc) is 2.79. The molecule has 1 atom stereocenters. The van der Waals surface area contributed by atoms with Crippen molar-refractivity contribution in [2.75, 3.05) is 23.8 Å². The Morgan fingerprint density at radius 1 is 1.38 bits per heavy atom. The van der Waals surface area contributed by atoms with Gasteiger partial charge >= 0.3 is 0 Å². The van der Waals surface area contributed by atoms with Crippen molar-refractivity contribution in [2.45, 2.75) is 23.4 Å². The van der Waals surface area contributed by atoms with Crippen LogP contribution in [-0.4, -0.2) is 50.3 Å². The Hall–Kier alpha value is 0.390. The largest absolute Gasteiger partial charge is 0.253 e. The van der Waals surface area contributed by atoms with Crippen LogP contribution < -0.4 is 0 Å². The molecule has 1 aromatic heterocycles. The minimum atomic E-state index is -3.78. The van der Waals surface area contributed by atoms with Gasteiger partial charge in [-0.3, -0.25) is 0 Å². The van der Waals surface area contributed by atoms with E-state index < -0.39 is 25.2 Å². The fourth-order valence-corrected chi connectivity index (χ4v) is 9.60. The molecule has 1 saturated heterocycles. The van der Waals surface area contributed by atoms with Gasteiger partial charge in [-0.05, 0) is 34.5 Å². The van der Waals surface area contributed by atoms with Crippen molar-refractivity contribution in [2.24, 2.45) is 0 Å². The molecule has 2 rings (SSSR count). The molecule has 5 nitrogen and oxygen atoms in total. The number of halogens is 1. The molecule has 0 amide bonds. The molecule has 0 saturated carbocycles. The summed E-state index contributed by atoms with van der Waals surface area (Å²) in [6.07, 6.45) is 0. The summed E-state index contributed by atoms with van der Waals surface area (Å²) in [7, 11) is -7.22. The first kappa shape index (κ1) is 17.7. The van der Waals surface area contributed by atoms with Gasteiger partial charge in [-0.2, -0.15) is 16.1 Å². The average molecular weight is 434 g/mol. The van der Waals surface area contributed by atoms with Gasteiger partial charge in [-0.25, -0.2) is 16.8 Å². The summed E-state index contributed by atoms with van der Waals surface area (Å²) < 4.78 is 52.0. The normalized spacial score (nSPS) is 21.6. The first-order valence-corrected chi connectivity index (χ1v) is 12.2. The smallest absolute Gasteiger partial charge is 0.227 e. The number of thiophene rings is 1. The van der Waals surface area contributed by atoms with E-state index >= 15 is 0 Å². The topological polar surface area (TPSA) is 71.5 Å². The summed E-state index contributed by atoms with van der Waals surface area (Å²) in [6, 6.07) is 1.58. The van der Waals surface area contributed by atoms with Crippen LogP contribution in [0.2, 0.25) is 0 Å². The zero-order chi connectivity index (χ0) is 15.8. The van der Waals surface area contributed by atoms with Gasteiger partial charge in [0.2, 0.25) is 0 Å². The molecule has 1 aliphatic heterocycles. The quantitative estimate of drug-likeness (QED) is 0.728. The molecule has 0 radical (unpaired) electrons. The highest BCUT2D eigenvalue weighted by Crippen LogP contribution is 2.35. The van der Waals surface area contributed by atoms with Crippen LogP contribution >= 0.6 is 39.0 Å². The molecule has 10 heteroatoms. The molecule has 120 valence electrons. The molecule has 2 heterocycles. The molecule has 0 aromatic carbocycles. The molecule has 0 bridgehead atoms. The van der Waals surface area contributed by atoms with E-state index in [2.05, 4.69) is 15.9 Å². The Bertz CT molecular complexity index is 706. The van der Waals surface area contributed by atoms with Gasteiger partial charge in [0.1, 0.15) is 9.58 Å². The molecule has 1 aromatic rings. The van der Waals surface area contributed by atoms with Crippen LogP contribution in [0.1, 0.15) is 12.5 Å². The second-order valence-corrected chi connectivity index (χ2v) is 12.7. The summed E-state index contributed by atoms with van der Waals surface area (Å²) in [4.78, 5) is 0. The lowest BCUT2D eigenvalue weighted by atomic mass is 10.4. The van der Waals surface area contributed by atoms with Gasteiger partial charge in [0.15, 0.2) is 9.84 Å². The third-order valence-corrected chi connectivity index (χ3v) is 11.2. The monoisotopic (exact) mass is 433 g/mol. The third kappa shape index (κ3) is 3.50. The number of rotatable bonds is 4. The second kappa shape index (κ2) is 6.48. The molecule has 1 unspecified atom stereocenters. The van der Waals surface area contributed by atoms with E-state index in [0.29, 0.717) is 11.5 Å². The van der Waals surface area contributed by atoms with Crippen LogP contribution in [0.5, 0.6) is 0 Å². The Morgan fingerprint density at radius 3 is 2.57 bits per heavy atom. The number of hydrogen-bond donors (Lipinski definition) is 0. The highest BCUT2D eigenvalue weighted by atomic mass is 79.9. The summed E-state index contributed by atoms with van der Waals surface area (Å²) >= 11 is 5.91. The predicted molar refractivity (Wildman–Crippen MR) is 91.2 cm³/mol. The maximum Gasteiger partial charge on any atom is 0.253 e. The molecule has 1 fully saturated rings. The van der Waals surface area contributed by atoms with Crippen LogP contribution in [0, 0.1) is 6.92 Å². The first-order chi connectivity index (χ1) is 9.70. The van der Waals surface area contributed by atoms with Crippen molar-refractivity contribution >= 4 is 58.9 Å². The van der Waals surface area contributed by atoms with E-state index in [-0.39, 0.29) is 16.5 Å². The second-order valence-electron chi connectivity index (χ2n) is 4.62. The van der Waals surface area contributed by atoms with Gasteiger partial charge in [-0.1, -0.05) is 6.92 Å². The summed E-state index contributed by atoms with van der Waals surface area (Å²) in [5, 5.41) is -0.965. The predicted octanol–water partition coefficient (Wildman–Crippen LogP) is 2.32. The van der Waals surface area contributed by atoms with Crippen molar-refractivity contribution in [3.8, 4) is 0 Å². The van der Waals surface area contributed by atoms with Gasteiger partial charge in [0.05, 0.1) is 3.79 Å². The fourth-order valence-electron chi connectivity index (χ4n) is 1.99. The van der Waals surface area contributed by atoms with Gasteiger partial charge in [0, 0.05) is 23.8 Å². The van der Waals surface area contributed by atoms with Crippen LogP contribution in [0.25, 0.3) is 0 Å². The van der Waals surface area contributed by atoms with Crippen molar-refractivity contribution in [3.05, 3.63) is 15.4 Å². The molecule has 0 aliphatic carbocycles. The Balaban J connectivity index is 2.45. The van der Waals surface area contributed by atoms with Gasteiger partial charge in [-0.15, -0.1) is 11.3 Å². The van der Waals surface area contributed by atoms with Gasteiger partial charge < -0.3 is 0 Å². The zero-order valence-corrected chi connectivity index (χ0v) is 16.4. The van der Waals surface area contributed by atoms with E-state index in [1.807, 2.05) is 6.92 Å². The lowest BCUT2D eigenvalue weighted by Crippen LogP contribution is -2.50. The van der Waals surface area contributed by atoms with Crippen molar-refractivity contribution in [1.29, 1.82) is 0 Å². The molecular formula is C11H16BrNO4S4. The zero-order valence-electron chi connectivity index (χ0n) is 11.6. The minimum absolute atomic E-state index is 0.0581. The number of hydrogen-bond acceptors (Lipinski definition) is 6. The number of aryl methyl sites for hydroxylation is 1. The summed E-state index contributed by atoms with van der Waals surface area (Å²) in [5.41, 5.74) is 0.833. The van der Waals surface area contributed by atoms with E-state index in [0.717, 1.165) is 25.0 Å². The van der Waals surface area contributed by atoms with E-state index in [1.165, 1.54) is 11.8 Å². The third-order valence-electron chi connectivity index (χ3n) is 3.25. The molecule has 0 spiro atoms. The Kier molecular flexibility index (Phi) is 5.48. The Morgan fingerprint density at radius 2 is 2.05 bits per heavy atom. The maximum absolute atomic E-state index is 12.8. The number of nitrogens with zero attached hydrogens (tertiary/aromatic N) is 1. The van der Waals surface area contributed by atoms with Crippen LogP contribution in [0.3, 0.4) is 0 Å². The number of sulfonamides is 1. The highest BCUT2D eigenvalue weighted by Gasteiger charge is 2.41. The molecule has 0 N–H and O–H groups in total. The van der Waals surface area contributed by atoms with Gasteiger partial charge in [0.25, 0.3) is 10.0 Å². The highest BCUT2D eigenvalue weighted by molar-refractivity contribution is 9.11. The maximum atomic E-state index is 12.8. The minimum Gasteiger partial charge on any atom is -0.227 e. The molecular weight excluding hydrogens is 418 g/mol. The van der Waals surface area contributed by atoms with Crippen LogP contribution in [0.15, 0.2) is 14.1 Å². The van der Waals surface area contributed by atoms with Crippen molar-refractivity contribution in [3.63, 3.8) is 0 Å². The first-order valence-electron chi connectivity index (χ1n) is 6.27. The van der Waals surface area contributed by atoms with E-state index in [4.69, 9.17) is 0 Å². The standard InChI is InChI=1S/C11H16BrNO4S4/c1-3-20(14,15)9-7-18-5-4-13(9)21(16,17)10-6-8(2)11(12)19-10/h6,9H,3-5,7H2,1-2H3. The van der Waals surface area contributed by atoms with Crippen LogP contribution in [-0.2, 0) is 19.9 Å². The molecule has 21 heavy (non-hydrogen) atoms. The number of sulfone groups is 1. The summed E-state index contributed by atoms with van der Waals surface area (Å²) in [5.74, 6) is 0.846. The lowest BCUT2D eigenvalue weighted by molar-refractivity contribution is 0.405. The van der Waals surface area contributed by atoms with Crippen molar-refractivity contribution in [1.82, 2.24) is 4.31 Å². The number of thioether (sulfide) groups is 1. The van der Waals surface area contributed by atoms with Crippen molar-refractivity contribution < 1.29 is 16.8 Å². The SMILES string of the molecule is CCS(=O)(=O)C1CSCCN1S(=O)(=O)c1cc(C)c(Br)s1. The van der Waals surface area contributed by atoms with E-state index in [1.54, 1.807) is 13.0 Å². The van der Waals surface area contributed by atoms with E-state index in [9.17, 15) is 16.8 Å². The van der Waals surface area contributed by atoms with Crippen LogP contribution in [0.4, 0.5) is 0 Å². The summed E-state index contributed by atoms with van der Waals surface area (Å²) in [6.45, 7) is 3.59.